The van der Waals surface area contributed by atoms with Crippen LogP contribution in [0.4, 0.5) is 0 Å². The predicted octanol–water partition coefficient (Wildman–Crippen LogP) is -0.0538. The van der Waals surface area contributed by atoms with Gasteiger partial charge in [0.15, 0.2) is 6.29 Å². The predicted molar refractivity (Wildman–Crippen MR) is 53.0 cm³/mol. The van der Waals surface area contributed by atoms with Crippen molar-refractivity contribution in [2.45, 2.75) is 19.0 Å². The fraction of sp³-hybridized carbons (Fsp3) is 0.300. The first kappa shape index (κ1) is 10.4. The zero-order chi connectivity index (χ0) is 11.7. The lowest BCUT2D eigenvalue weighted by Gasteiger charge is -2.12. The Morgan fingerprint density at radius 2 is 2.38 bits per heavy atom. The highest BCUT2D eigenvalue weighted by Crippen LogP contribution is 2.20. The molecule has 0 bridgehead atoms. The summed E-state index contributed by atoms with van der Waals surface area (Å²) in [5.41, 5.74) is 1.04. The van der Waals surface area contributed by atoms with Crippen molar-refractivity contribution in [2.75, 3.05) is 0 Å². The molecular weight excluding hydrogens is 212 g/mol. The normalized spacial score (nSPS) is 19.5. The van der Waals surface area contributed by atoms with E-state index in [4.69, 9.17) is 5.11 Å². The Labute approximate surface area is 90.9 Å². The average Bonchev–Trinajstić information content (AvgIpc) is 2.59. The molecule has 1 aromatic rings. The summed E-state index contributed by atoms with van der Waals surface area (Å²) in [4.78, 5) is 32.9. The van der Waals surface area contributed by atoms with Gasteiger partial charge in [-0.25, -0.2) is 4.79 Å². The number of fused-ring (bicyclic) bond motifs is 1. The van der Waals surface area contributed by atoms with Crippen molar-refractivity contribution in [3.8, 4) is 0 Å². The van der Waals surface area contributed by atoms with E-state index in [0.717, 1.165) is 0 Å². The smallest absolute Gasteiger partial charge is 0.327 e. The van der Waals surface area contributed by atoms with Crippen molar-refractivity contribution in [1.82, 2.24) is 9.88 Å². The van der Waals surface area contributed by atoms with Gasteiger partial charge in [0.25, 0.3) is 0 Å². The fourth-order valence-electron chi connectivity index (χ4n) is 1.79. The lowest BCUT2D eigenvalue weighted by molar-refractivity contribution is -0.142. The van der Waals surface area contributed by atoms with Crippen LogP contribution >= 0.6 is 0 Å². The maximum atomic E-state index is 11.3. The summed E-state index contributed by atoms with van der Waals surface area (Å²) in [7, 11) is 0. The summed E-state index contributed by atoms with van der Waals surface area (Å²) >= 11 is 0. The summed E-state index contributed by atoms with van der Waals surface area (Å²) in [6, 6.07) is 0.639. The van der Waals surface area contributed by atoms with E-state index in [1.54, 1.807) is 6.07 Å². The van der Waals surface area contributed by atoms with Crippen molar-refractivity contribution in [3.05, 3.63) is 23.5 Å². The molecule has 1 atom stereocenters. The van der Waals surface area contributed by atoms with Gasteiger partial charge >= 0.3 is 5.97 Å². The number of nitrogens with zero attached hydrogens (tertiary/aromatic N) is 1. The second kappa shape index (κ2) is 3.80. The summed E-state index contributed by atoms with van der Waals surface area (Å²) in [5.74, 6) is -1.38. The maximum Gasteiger partial charge on any atom is 0.327 e. The van der Waals surface area contributed by atoms with Crippen molar-refractivity contribution >= 4 is 18.2 Å². The fourth-order valence-corrected chi connectivity index (χ4v) is 1.79. The molecule has 2 N–H and O–H groups in total. The van der Waals surface area contributed by atoms with E-state index in [1.165, 1.54) is 10.8 Å². The van der Waals surface area contributed by atoms with Crippen LogP contribution in [0.3, 0.4) is 0 Å². The van der Waals surface area contributed by atoms with Crippen molar-refractivity contribution in [3.63, 3.8) is 0 Å². The van der Waals surface area contributed by atoms with E-state index < -0.39 is 12.0 Å². The van der Waals surface area contributed by atoms with Gasteiger partial charge in [0.05, 0.1) is 13.0 Å². The molecule has 1 aromatic heterocycles. The summed E-state index contributed by atoms with van der Waals surface area (Å²) in [6.07, 6.45) is 2.00. The third-order valence-electron chi connectivity index (χ3n) is 2.56. The van der Waals surface area contributed by atoms with Crippen molar-refractivity contribution in [2.24, 2.45) is 0 Å². The standard InChI is InChI=1S/C10H10N2O4/c13-5-6-1-7-3-11-9(14)2-8(10(15)16)12(7)4-6/h1,4-5,8H,2-3H2,(H,11,14)(H,15,16). The second-order valence-electron chi connectivity index (χ2n) is 3.62. The zero-order valence-electron chi connectivity index (χ0n) is 8.34. The lowest BCUT2D eigenvalue weighted by Crippen LogP contribution is -2.24. The second-order valence-corrected chi connectivity index (χ2v) is 3.62. The van der Waals surface area contributed by atoms with E-state index in [0.29, 0.717) is 17.5 Å². The molecule has 0 radical (unpaired) electrons. The van der Waals surface area contributed by atoms with E-state index in [9.17, 15) is 14.4 Å². The molecule has 16 heavy (non-hydrogen) atoms. The van der Waals surface area contributed by atoms with E-state index in [-0.39, 0.29) is 18.9 Å². The monoisotopic (exact) mass is 222 g/mol. The molecule has 0 saturated carbocycles. The van der Waals surface area contributed by atoms with Crippen molar-refractivity contribution in [1.29, 1.82) is 0 Å². The number of rotatable bonds is 2. The van der Waals surface area contributed by atoms with Crippen LogP contribution in [0.2, 0.25) is 0 Å². The molecule has 6 heteroatoms. The quantitative estimate of drug-likeness (QED) is 0.686. The Morgan fingerprint density at radius 3 is 3.00 bits per heavy atom. The molecule has 0 saturated heterocycles. The first-order valence-electron chi connectivity index (χ1n) is 4.77. The molecule has 1 aliphatic rings. The Morgan fingerprint density at radius 1 is 1.62 bits per heavy atom. The highest BCUT2D eigenvalue weighted by atomic mass is 16.4. The van der Waals surface area contributed by atoms with Gasteiger partial charge in [0.2, 0.25) is 5.91 Å². The average molecular weight is 222 g/mol. The van der Waals surface area contributed by atoms with Gasteiger partial charge in [0.1, 0.15) is 6.04 Å². The lowest BCUT2D eigenvalue weighted by atomic mass is 10.2. The Bertz CT molecular complexity index is 463. The number of hydrogen-bond acceptors (Lipinski definition) is 3. The largest absolute Gasteiger partial charge is 0.480 e. The topological polar surface area (TPSA) is 88.4 Å². The van der Waals surface area contributed by atoms with Crippen molar-refractivity contribution < 1.29 is 19.5 Å². The Hall–Kier alpha value is -2.11. The highest BCUT2D eigenvalue weighted by molar-refractivity contribution is 5.84. The number of aldehydes is 1. The van der Waals surface area contributed by atoms with Gasteiger partial charge < -0.3 is 15.0 Å². The number of carbonyl (C=O) groups is 3. The maximum absolute atomic E-state index is 11.3. The zero-order valence-corrected chi connectivity index (χ0v) is 8.34. The third kappa shape index (κ3) is 1.69. The minimum atomic E-state index is -1.08. The number of aliphatic carboxylic acids is 1. The van der Waals surface area contributed by atoms with E-state index >= 15 is 0 Å². The van der Waals surface area contributed by atoms with E-state index in [1.807, 2.05) is 0 Å². The van der Waals surface area contributed by atoms with Crippen LogP contribution in [0.1, 0.15) is 28.5 Å². The van der Waals surface area contributed by atoms with Crippen LogP contribution in [0.15, 0.2) is 12.3 Å². The highest BCUT2D eigenvalue weighted by Gasteiger charge is 2.27. The molecule has 0 spiro atoms. The number of hydrogen-bond donors (Lipinski definition) is 2. The van der Waals surface area contributed by atoms with Gasteiger partial charge in [-0.3, -0.25) is 9.59 Å². The number of carboxylic acid groups (broad SMARTS) is 1. The number of carboxylic acids is 1. The van der Waals surface area contributed by atoms with Crippen LogP contribution < -0.4 is 5.32 Å². The first-order chi connectivity index (χ1) is 7.61. The molecule has 2 heterocycles. The molecule has 0 aliphatic carbocycles. The third-order valence-corrected chi connectivity index (χ3v) is 2.56. The summed E-state index contributed by atoms with van der Waals surface area (Å²) < 4.78 is 1.46. The molecule has 1 aliphatic heterocycles. The molecule has 1 unspecified atom stereocenters. The Kier molecular flexibility index (Phi) is 2.47. The molecular formula is C10H10N2O4. The SMILES string of the molecule is O=Cc1cc2n(c1)C(C(=O)O)CC(=O)NC2. The minimum absolute atomic E-state index is 0.116. The number of nitrogens with one attached hydrogen (secondary N) is 1. The van der Waals surface area contributed by atoms with Crippen LogP contribution in [0.5, 0.6) is 0 Å². The van der Waals surface area contributed by atoms with Gasteiger partial charge in [-0.15, -0.1) is 0 Å². The molecule has 2 rings (SSSR count). The van der Waals surface area contributed by atoms with Gasteiger partial charge in [-0.2, -0.15) is 0 Å². The van der Waals surface area contributed by atoms with Crippen LogP contribution in [0, 0.1) is 0 Å². The molecule has 1 amide bonds. The molecule has 0 fully saturated rings. The first-order valence-corrected chi connectivity index (χ1v) is 4.77. The summed E-state index contributed by atoms with van der Waals surface area (Å²) in [5, 5.41) is 11.6. The number of amides is 1. The van der Waals surface area contributed by atoms with Gasteiger partial charge in [-0.1, -0.05) is 0 Å². The van der Waals surface area contributed by atoms with Gasteiger partial charge in [-0.05, 0) is 6.07 Å². The molecule has 6 nitrogen and oxygen atoms in total. The van der Waals surface area contributed by atoms with Crippen LogP contribution in [0.25, 0.3) is 0 Å². The van der Waals surface area contributed by atoms with Crippen LogP contribution in [-0.2, 0) is 16.1 Å². The summed E-state index contributed by atoms with van der Waals surface area (Å²) in [6.45, 7) is 0.246. The minimum Gasteiger partial charge on any atom is -0.480 e. The number of carbonyl (C=O) groups excluding carboxylic acids is 2. The number of aromatic nitrogens is 1. The molecule has 0 aromatic carbocycles. The van der Waals surface area contributed by atoms with E-state index in [2.05, 4.69) is 5.32 Å². The van der Waals surface area contributed by atoms with Gasteiger partial charge in [0, 0.05) is 17.5 Å². The molecule has 84 valence electrons. The Balaban J connectivity index is 2.46. The van der Waals surface area contributed by atoms with Crippen LogP contribution in [-0.4, -0.2) is 27.8 Å².